The van der Waals surface area contributed by atoms with E-state index in [0.29, 0.717) is 0 Å². The van der Waals surface area contributed by atoms with Crippen LogP contribution in [0.1, 0.15) is 5.56 Å². The van der Waals surface area contributed by atoms with Crippen molar-refractivity contribution in [1.82, 2.24) is 15.1 Å². The standard InChI is InChI=1S/C13H14F3N3O2/c1-18-6-9(19(2)13(18)21)12(20)17-5-7-3-4-8(14)11(16)10(7)15/h3-4,9H,5-6H2,1-2H3,(H,17,20)/t9-/m0/s1. The lowest BCUT2D eigenvalue weighted by atomic mass is 10.2. The van der Waals surface area contributed by atoms with Crippen molar-refractivity contribution < 1.29 is 22.8 Å². The molecule has 1 saturated heterocycles. The molecule has 1 fully saturated rings. The first-order valence-corrected chi connectivity index (χ1v) is 6.21. The summed E-state index contributed by atoms with van der Waals surface area (Å²) in [5, 5.41) is 2.41. The van der Waals surface area contributed by atoms with E-state index in [2.05, 4.69) is 5.32 Å². The average Bonchev–Trinajstić information content (AvgIpc) is 2.71. The van der Waals surface area contributed by atoms with E-state index in [0.717, 1.165) is 12.1 Å². The number of carbonyl (C=O) groups excluding carboxylic acids is 2. The summed E-state index contributed by atoms with van der Waals surface area (Å²) in [4.78, 5) is 26.2. The molecule has 2 rings (SSSR count). The van der Waals surface area contributed by atoms with Crippen LogP contribution < -0.4 is 5.32 Å². The van der Waals surface area contributed by atoms with Gasteiger partial charge in [0.1, 0.15) is 6.04 Å². The number of nitrogens with one attached hydrogen (secondary N) is 1. The maximum absolute atomic E-state index is 13.5. The van der Waals surface area contributed by atoms with Crippen LogP contribution in [0, 0.1) is 17.5 Å². The highest BCUT2D eigenvalue weighted by molar-refractivity contribution is 5.90. The van der Waals surface area contributed by atoms with Crippen LogP contribution in [0.4, 0.5) is 18.0 Å². The second-order valence-corrected chi connectivity index (χ2v) is 4.84. The quantitative estimate of drug-likeness (QED) is 0.850. The van der Waals surface area contributed by atoms with Crippen LogP contribution >= 0.6 is 0 Å². The minimum Gasteiger partial charge on any atom is -0.350 e. The summed E-state index contributed by atoms with van der Waals surface area (Å²) < 4.78 is 39.3. The number of rotatable bonds is 3. The van der Waals surface area contributed by atoms with Crippen molar-refractivity contribution in [3.8, 4) is 0 Å². The molecule has 0 unspecified atom stereocenters. The van der Waals surface area contributed by atoms with E-state index in [1.807, 2.05) is 0 Å². The third-order valence-corrected chi connectivity index (χ3v) is 3.41. The molecular weight excluding hydrogens is 287 g/mol. The van der Waals surface area contributed by atoms with Gasteiger partial charge in [-0.1, -0.05) is 6.07 Å². The van der Waals surface area contributed by atoms with Crippen molar-refractivity contribution in [3.05, 3.63) is 35.1 Å². The zero-order chi connectivity index (χ0) is 15.7. The van der Waals surface area contributed by atoms with Crippen LogP contribution in [0.3, 0.4) is 0 Å². The van der Waals surface area contributed by atoms with Gasteiger partial charge in [-0.2, -0.15) is 0 Å². The molecular formula is C13H14F3N3O2. The number of amides is 3. The molecule has 1 N–H and O–H groups in total. The fraction of sp³-hybridized carbons (Fsp3) is 0.385. The molecule has 0 aliphatic carbocycles. The van der Waals surface area contributed by atoms with Gasteiger partial charge in [-0.05, 0) is 6.07 Å². The Bertz CT molecular complexity index is 594. The molecule has 1 heterocycles. The smallest absolute Gasteiger partial charge is 0.320 e. The highest BCUT2D eigenvalue weighted by atomic mass is 19.2. The first-order chi connectivity index (χ1) is 9.82. The van der Waals surface area contributed by atoms with Gasteiger partial charge in [-0.25, -0.2) is 18.0 Å². The molecule has 0 bridgehead atoms. The molecule has 3 amide bonds. The van der Waals surface area contributed by atoms with Gasteiger partial charge in [-0.3, -0.25) is 4.79 Å². The normalized spacial score (nSPS) is 18.3. The number of nitrogens with zero attached hydrogens (tertiary/aromatic N) is 2. The molecule has 21 heavy (non-hydrogen) atoms. The third-order valence-electron chi connectivity index (χ3n) is 3.41. The van der Waals surface area contributed by atoms with Gasteiger partial charge in [0.05, 0.1) is 6.54 Å². The number of likely N-dealkylation sites (N-methyl/N-ethyl adjacent to an activating group) is 2. The Morgan fingerprint density at radius 3 is 2.52 bits per heavy atom. The summed E-state index contributed by atoms with van der Waals surface area (Å²) in [5.74, 6) is -4.68. The Morgan fingerprint density at radius 1 is 1.29 bits per heavy atom. The highest BCUT2D eigenvalue weighted by Crippen LogP contribution is 2.16. The Balaban J connectivity index is 2.02. The topological polar surface area (TPSA) is 52.7 Å². The predicted octanol–water partition coefficient (Wildman–Crippen LogP) is 1.09. The van der Waals surface area contributed by atoms with E-state index in [1.54, 1.807) is 7.05 Å². The Hall–Kier alpha value is -2.25. The van der Waals surface area contributed by atoms with Crippen molar-refractivity contribution in [2.24, 2.45) is 0 Å². The molecule has 1 atom stereocenters. The monoisotopic (exact) mass is 301 g/mol. The fourth-order valence-corrected chi connectivity index (χ4v) is 2.12. The first-order valence-electron chi connectivity index (χ1n) is 6.21. The summed E-state index contributed by atoms with van der Waals surface area (Å²) in [5.41, 5.74) is -0.164. The van der Waals surface area contributed by atoms with Crippen molar-refractivity contribution in [2.45, 2.75) is 12.6 Å². The van der Waals surface area contributed by atoms with Crippen LogP contribution in [-0.2, 0) is 11.3 Å². The van der Waals surface area contributed by atoms with E-state index in [9.17, 15) is 22.8 Å². The van der Waals surface area contributed by atoms with Crippen LogP contribution in [-0.4, -0.2) is 48.4 Å². The lowest BCUT2D eigenvalue weighted by molar-refractivity contribution is -0.124. The number of carbonyl (C=O) groups is 2. The number of benzene rings is 1. The van der Waals surface area contributed by atoms with E-state index in [1.165, 1.54) is 16.8 Å². The third kappa shape index (κ3) is 2.79. The number of hydrogen-bond donors (Lipinski definition) is 1. The Morgan fingerprint density at radius 2 is 1.95 bits per heavy atom. The molecule has 0 saturated carbocycles. The van der Waals surface area contributed by atoms with Gasteiger partial charge in [0.25, 0.3) is 0 Å². The van der Waals surface area contributed by atoms with E-state index >= 15 is 0 Å². The highest BCUT2D eigenvalue weighted by Gasteiger charge is 2.36. The van der Waals surface area contributed by atoms with Crippen molar-refractivity contribution >= 4 is 11.9 Å². The molecule has 0 aromatic heterocycles. The van der Waals surface area contributed by atoms with Crippen molar-refractivity contribution in [1.29, 1.82) is 0 Å². The first kappa shape index (κ1) is 15.1. The Labute approximate surface area is 119 Å². The largest absolute Gasteiger partial charge is 0.350 e. The molecule has 1 aliphatic heterocycles. The zero-order valence-corrected chi connectivity index (χ0v) is 11.5. The second kappa shape index (κ2) is 5.63. The fourth-order valence-electron chi connectivity index (χ4n) is 2.12. The minimum absolute atomic E-state index is 0.164. The maximum atomic E-state index is 13.5. The molecule has 0 spiro atoms. The van der Waals surface area contributed by atoms with Crippen molar-refractivity contribution in [3.63, 3.8) is 0 Å². The SMILES string of the molecule is CN1C[C@@H](C(=O)NCc2ccc(F)c(F)c2F)N(C)C1=O. The van der Waals surface area contributed by atoms with Crippen LogP contribution in [0.15, 0.2) is 12.1 Å². The van der Waals surface area contributed by atoms with Crippen molar-refractivity contribution in [2.75, 3.05) is 20.6 Å². The molecule has 5 nitrogen and oxygen atoms in total. The Kier molecular flexibility index (Phi) is 4.06. The minimum atomic E-state index is -1.57. The van der Waals surface area contributed by atoms with Gasteiger partial charge in [0.15, 0.2) is 17.5 Å². The molecule has 1 aliphatic rings. The second-order valence-electron chi connectivity index (χ2n) is 4.84. The number of hydrogen-bond acceptors (Lipinski definition) is 2. The van der Waals surface area contributed by atoms with Gasteiger partial charge < -0.3 is 15.1 Å². The average molecular weight is 301 g/mol. The summed E-state index contributed by atoms with van der Waals surface area (Å²) in [6.07, 6.45) is 0. The molecule has 1 aromatic rings. The van der Waals surface area contributed by atoms with E-state index in [4.69, 9.17) is 0 Å². The summed E-state index contributed by atoms with van der Waals surface area (Å²) in [6.45, 7) is -0.0778. The number of halogens is 3. The maximum Gasteiger partial charge on any atom is 0.320 e. The summed E-state index contributed by atoms with van der Waals surface area (Å²) in [6, 6.07) is 0.854. The van der Waals surface area contributed by atoms with E-state index < -0.39 is 29.4 Å². The van der Waals surface area contributed by atoms with Crippen LogP contribution in [0.2, 0.25) is 0 Å². The van der Waals surface area contributed by atoms with Gasteiger partial charge in [0, 0.05) is 26.2 Å². The molecule has 1 aromatic carbocycles. The van der Waals surface area contributed by atoms with Crippen LogP contribution in [0.25, 0.3) is 0 Å². The summed E-state index contributed by atoms with van der Waals surface area (Å²) >= 11 is 0. The lowest BCUT2D eigenvalue weighted by Crippen LogP contribution is -2.43. The number of urea groups is 1. The lowest BCUT2D eigenvalue weighted by Gasteiger charge is -2.17. The van der Waals surface area contributed by atoms with Gasteiger partial charge >= 0.3 is 6.03 Å². The van der Waals surface area contributed by atoms with Gasteiger partial charge in [-0.15, -0.1) is 0 Å². The molecule has 114 valence electrons. The molecule has 0 radical (unpaired) electrons. The molecule has 8 heteroatoms. The van der Waals surface area contributed by atoms with E-state index in [-0.39, 0.29) is 24.7 Å². The summed E-state index contributed by atoms with van der Waals surface area (Å²) in [7, 11) is 3.04. The zero-order valence-electron chi connectivity index (χ0n) is 11.5. The predicted molar refractivity (Wildman–Crippen MR) is 67.7 cm³/mol. The van der Waals surface area contributed by atoms with Crippen LogP contribution in [0.5, 0.6) is 0 Å². The van der Waals surface area contributed by atoms with Gasteiger partial charge in [0.2, 0.25) is 5.91 Å².